The highest BCUT2D eigenvalue weighted by molar-refractivity contribution is 6.31. The Morgan fingerprint density at radius 2 is 2.13 bits per heavy atom. The van der Waals surface area contributed by atoms with Gasteiger partial charge in [-0.15, -0.1) is 0 Å². The number of nitrogens with one attached hydrogen (secondary N) is 1. The fourth-order valence-corrected chi connectivity index (χ4v) is 5.69. The monoisotopic (exact) mass is 538 g/mol. The second kappa shape index (κ2) is 12.2. The largest absolute Gasteiger partial charge is 0.496 e. The Morgan fingerprint density at radius 1 is 1.26 bits per heavy atom. The lowest BCUT2D eigenvalue weighted by Gasteiger charge is -2.36. The minimum Gasteiger partial charge on any atom is -0.496 e. The van der Waals surface area contributed by atoms with Gasteiger partial charge in [0.25, 0.3) is 0 Å². The molecule has 0 spiro atoms. The summed E-state index contributed by atoms with van der Waals surface area (Å²) in [4.78, 5) is 24.1. The van der Waals surface area contributed by atoms with Gasteiger partial charge in [-0.25, -0.2) is 14.4 Å². The Labute approximate surface area is 227 Å². The van der Waals surface area contributed by atoms with Gasteiger partial charge in [-0.1, -0.05) is 30.5 Å². The van der Waals surface area contributed by atoms with Crippen LogP contribution in [0.4, 0.5) is 15.9 Å². The van der Waals surface area contributed by atoms with Gasteiger partial charge in [-0.05, 0) is 49.1 Å². The number of nitrogens with zero attached hydrogens (tertiary/aromatic N) is 3. The first kappa shape index (κ1) is 26.5. The molecule has 0 bridgehead atoms. The van der Waals surface area contributed by atoms with Gasteiger partial charge < -0.3 is 14.8 Å². The number of hydrogen-bond acceptors (Lipinski definition) is 7. The molecule has 2 heterocycles. The van der Waals surface area contributed by atoms with Crippen molar-refractivity contribution in [1.82, 2.24) is 14.9 Å². The molecule has 7 nitrogen and oxygen atoms in total. The molecule has 1 aliphatic carbocycles. The first-order valence-corrected chi connectivity index (χ1v) is 13.4. The zero-order valence-corrected chi connectivity index (χ0v) is 22.2. The van der Waals surface area contributed by atoms with E-state index in [1.54, 1.807) is 25.3 Å². The summed E-state index contributed by atoms with van der Waals surface area (Å²) in [5.74, 6) is 1.20. The van der Waals surface area contributed by atoms with Crippen molar-refractivity contribution in [2.45, 2.75) is 38.1 Å². The van der Waals surface area contributed by atoms with Crippen molar-refractivity contribution in [3.05, 3.63) is 65.2 Å². The summed E-state index contributed by atoms with van der Waals surface area (Å²) in [7, 11) is 1.58. The highest BCUT2D eigenvalue weighted by Gasteiger charge is 2.31. The number of hydrogen-bond donors (Lipinski definition) is 1. The lowest BCUT2D eigenvalue weighted by Crippen LogP contribution is -2.42. The minimum atomic E-state index is -0.494. The van der Waals surface area contributed by atoms with Gasteiger partial charge in [0.2, 0.25) is 0 Å². The Bertz CT molecular complexity index is 1330. The first-order valence-electron chi connectivity index (χ1n) is 13.1. The highest BCUT2D eigenvalue weighted by atomic mass is 35.5. The van der Waals surface area contributed by atoms with E-state index in [0.29, 0.717) is 40.1 Å². The van der Waals surface area contributed by atoms with E-state index in [2.05, 4.69) is 20.2 Å². The Kier molecular flexibility index (Phi) is 8.51. The van der Waals surface area contributed by atoms with Crippen molar-refractivity contribution >= 4 is 39.8 Å². The Balaban J connectivity index is 1.31. The number of carbonyl (C=O) groups excluding carboxylic acids is 1. The predicted molar refractivity (Wildman–Crippen MR) is 147 cm³/mol. The summed E-state index contributed by atoms with van der Waals surface area (Å²) >= 11 is 5.94. The van der Waals surface area contributed by atoms with Crippen LogP contribution < -0.4 is 10.1 Å². The van der Waals surface area contributed by atoms with E-state index in [1.165, 1.54) is 44.1 Å². The minimum absolute atomic E-state index is 0.00871. The third kappa shape index (κ3) is 6.14. The zero-order valence-electron chi connectivity index (χ0n) is 21.5. The SMILES string of the molecule is COc1cc2ncnc(Nc3ccc(F)c(Cl)c3)c2cc1CC(=O)/C=C/CN1CCOCC2CCCCC21. The van der Waals surface area contributed by atoms with Gasteiger partial charge in [0, 0.05) is 48.3 Å². The van der Waals surface area contributed by atoms with Crippen molar-refractivity contribution in [3.8, 4) is 5.75 Å². The summed E-state index contributed by atoms with van der Waals surface area (Å²) in [5.41, 5.74) is 1.98. The fraction of sp³-hybridized carbons (Fsp3) is 0.414. The molecule has 1 aromatic heterocycles. The second-order valence-corrected chi connectivity index (χ2v) is 10.3. The molecule has 0 amide bonds. The zero-order chi connectivity index (χ0) is 26.5. The molecular formula is C29H32ClFN4O3. The van der Waals surface area contributed by atoms with Crippen LogP contribution >= 0.6 is 11.6 Å². The molecule has 2 aromatic carbocycles. The maximum atomic E-state index is 13.6. The Morgan fingerprint density at radius 3 is 2.97 bits per heavy atom. The van der Waals surface area contributed by atoms with Gasteiger partial charge in [-0.3, -0.25) is 9.69 Å². The molecule has 1 N–H and O–H groups in total. The van der Waals surface area contributed by atoms with Crippen LogP contribution in [0.3, 0.4) is 0 Å². The molecule has 1 aliphatic heterocycles. The topological polar surface area (TPSA) is 76.6 Å². The molecule has 3 aromatic rings. The quantitative estimate of drug-likeness (QED) is 0.367. The summed E-state index contributed by atoms with van der Waals surface area (Å²) in [6.45, 7) is 3.23. The van der Waals surface area contributed by atoms with Gasteiger partial charge in [0.05, 0.1) is 30.9 Å². The van der Waals surface area contributed by atoms with Crippen molar-refractivity contribution in [2.75, 3.05) is 38.7 Å². The Hall–Kier alpha value is -3.07. The van der Waals surface area contributed by atoms with Crippen LogP contribution in [-0.4, -0.2) is 60.1 Å². The van der Waals surface area contributed by atoms with Crippen LogP contribution in [0.1, 0.15) is 31.2 Å². The van der Waals surface area contributed by atoms with E-state index in [9.17, 15) is 9.18 Å². The summed E-state index contributed by atoms with van der Waals surface area (Å²) in [6.07, 6.45) is 10.2. The molecular weight excluding hydrogens is 507 g/mol. The smallest absolute Gasteiger partial charge is 0.159 e. The molecule has 0 radical (unpaired) electrons. The molecule has 1 saturated carbocycles. The number of halogens is 2. The second-order valence-electron chi connectivity index (χ2n) is 9.88. The standard InChI is InChI=1S/C29H32ClFN4O3/c1-37-28-16-26-23(29(33-18-32-26)34-21-8-9-25(31)24(30)15-21)14-20(28)13-22(36)6-4-10-35-11-12-38-17-19-5-2-3-7-27(19)35/h4,6,8-9,14-16,18-19,27H,2-3,5,7,10-13,17H2,1H3,(H,32,33,34)/b6-4+. The number of methoxy groups -OCH3 is 1. The number of fused-ring (bicyclic) bond motifs is 2. The van der Waals surface area contributed by atoms with E-state index in [0.717, 1.165) is 31.9 Å². The van der Waals surface area contributed by atoms with Crippen molar-refractivity contribution in [1.29, 1.82) is 0 Å². The van der Waals surface area contributed by atoms with Crippen LogP contribution in [0.2, 0.25) is 5.02 Å². The number of ether oxygens (including phenoxy) is 2. The number of carbonyl (C=O) groups is 1. The average Bonchev–Trinajstić information content (AvgIpc) is 3.13. The van der Waals surface area contributed by atoms with Crippen LogP contribution in [0.5, 0.6) is 5.75 Å². The molecule has 9 heteroatoms. The predicted octanol–water partition coefficient (Wildman–Crippen LogP) is 5.73. The third-order valence-corrected chi connectivity index (χ3v) is 7.71. The van der Waals surface area contributed by atoms with Gasteiger partial charge in [0.15, 0.2) is 5.78 Å². The van der Waals surface area contributed by atoms with E-state index < -0.39 is 5.82 Å². The van der Waals surface area contributed by atoms with Gasteiger partial charge in [0.1, 0.15) is 23.7 Å². The van der Waals surface area contributed by atoms with E-state index >= 15 is 0 Å². The molecule has 2 unspecified atom stereocenters. The van der Waals surface area contributed by atoms with Crippen LogP contribution in [0, 0.1) is 11.7 Å². The first-order chi connectivity index (χ1) is 18.5. The normalized spacial score (nSPS) is 20.3. The number of anilines is 2. The molecule has 2 fully saturated rings. The molecule has 2 atom stereocenters. The molecule has 200 valence electrons. The van der Waals surface area contributed by atoms with E-state index in [-0.39, 0.29) is 17.2 Å². The maximum Gasteiger partial charge on any atom is 0.159 e. The molecule has 38 heavy (non-hydrogen) atoms. The van der Waals surface area contributed by atoms with Crippen molar-refractivity contribution in [3.63, 3.8) is 0 Å². The summed E-state index contributed by atoms with van der Waals surface area (Å²) in [6, 6.07) is 8.57. The van der Waals surface area contributed by atoms with Gasteiger partial charge >= 0.3 is 0 Å². The number of allylic oxidation sites excluding steroid dienone is 1. The number of rotatable bonds is 8. The summed E-state index contributed by atoms with van der Waals surface area (Å²) < 4.78 is 25.0. The number of ketones is 1. The van der Waals surface area contributed by atoms with Crippen molar-refractivity contribution < 1.29 is 18.7 Å². The van der Waals surface area contributed by atoms with Crippen molar-refractivity contribution in [2.24, 2.45) is 5.92 Å². The lowest BCUT2D eigenvalue weighted by atomic mass is 9.84. The highest BCUT2D eigenvalue weighted by Crippen LogP contribution is 2.32. The molecule has 1 saturated heterocycles. The third-order valence-electron chi connectivity index (χ3n) is 7.42. The van der Waals surface area contributed by atoms with E-state index in [4.69, 9.17) is 21.1 Å². The van der Waals surface area contributed by atoms with Crippen LogP contribution in [-0.2, 0) is 16.0 Å². The van der Waals surface area contributed by atoms with Gasteiger partial charge in [-0.2, -0.15) is 0 Å². The number of aromatic nitrogens is 2. The summed E-state index contributed by atoms with van der Waals surface area (Å²) in [5, 5.41) is 3.90. The lowest BCUT2D eigenvalue weighted by molar-refractivity contribution is -0.114. The number of benzene rings is 2. The molecule has 2 aliphatic rings. The molecule has 5 rings (SSSR count). The average molecular weight is 539 g/mol. The fourth-order valence-electron chi connectivity index (χ4n) is 5.51. The van der Waals surface area contributed by atoms with Crippen LogP contribution in [0.15, 0.2) is 48.8 Å². The maximum absolute atomic E-state index is 13.6. The van der Waals surface area contributed by atoms with Crippen LogP contribution in [0.25, 0.3) is 10.9 Å². The van der Waals surface area contributed by atoms with E-state index in [1.807, 2.05) is 12.1 Å².